The van der Waals surface area contributed by atoms with Crippen LogP contribution in [0.1, 0.15) is 29.6 Å². The first kappa shape index (κ1) is 13.7. The number of halogens is 2. The summed E-state index contributed by atoms with van der Waals surface area (Å²) in [5.41, 5.74) is 0.569. The molecule has 2 rings (SSSR count). The Balaban J connectivity index is 1.95. The Morgan fingerprint density at radius 1 is 1.28 bits per heavy atom. The Morgan fingerprint density at radius 2 is 1.89 bits per heavy atom. The minimum Gasteiger partial charge on any atom is -0.396 e. The summed E-state index contributed by atoms with van der Waals surface area (Å²) in [6, 6.07) is 4.77. The quantitative estimate of drug-likeness (QED) is 0.875. The molecule has 0 unspecified atom stereocenters. The van der Waals surface area contributed by atoms with Crippen LogP contribution in [0.15, 0.2) is 18.2 Å². The Morgan fingerprint density at radius 3 is 2.39 bits per heavy atom. The number of hydrogen-bond donors (Lipinski definition) is 2. The number of aliphatic hydroxyl groups is 1. The van der Waals surface area contributed by atoms with Gasteiger partial charge in [-0.3, -0.25) is 4.79 Å². The Hall–Kier alpha value is -0.770. The molecule has 1 aliphatic rings. The Labute approximate surface area is 116 Å². The van der Waals surface area contributed by atoms with Gasteiger partial charge in [-0.05, 0) is 42.9 Å². The van der Waals surface area contributed by atoms with Gasteiger partial charge in [0, 0.05) is 28.8 Å². The monoisotopic (exact) mass is 287 g/mol. The number of aliphatic hydroxyl groups excluding tert-OH is 1. The van der Waals surface area contributed by atoms with E-state index in [1.807, 2.05) is 0 Å². The molecule has 1 amide bonds. The van der Waals surface area contributed by atoms with Gasteiger partial charge in [-0.2, -0.15) is 0 Å². The summed E-state index contributed by atoms with van der Waals surface area (Å²) in [5, 5.41) is 12.7. The summed E-state index contributed by atoms with van der Waals surface area (Å²) in [4.78, 5) is 11.9. The number of rotatable bonds is 5. The average Bonchev–Trinajstić information content (AvgIpc) is 3.06. The summed E-state index contributed by atoms with van der Waals surface area (Å²) < 4.78 is 0. The zero-order valence-electron chi connectivity index (χ0n) is 9.88. The lowest BCUT2D eigenvalue weighted by Crippen LogP contribution is -2.30. The highest BCUT2D eigenvalue weighted by Gasteiger charge is 2.41. The zero-order valence-corrected chi connectivity index (χ0v) is 11.4. The molecule has 1 aromatic carbocycles. The van der Waals surface area contributed by atoms with Gasteiger partial charge in [-0.15, -0.1) is 0 Å². The molecule has 98 valence electrons. The van der Waals surface area contributed by atoms with Crippen molar-refractivity contribution in [3.05, 3.63) is 33.8 Å². The maximum absolute atomic E-state index is 11.9. The highest BCUT2D eigenvalue weighted by atomic mass is 35.5. The van der Waals surface area contributed by atoms with E-state index in [1.54, 1.807) is 18.2 Å². The molecule has 1 aliphatic carbocycles. The number of benzene rings is 1. The van der Waals surface area contributed by atoms with Crippen LogP contribution < -0.4 is 5.32 Å². The Bertz CT molecular complexity index is 438. The van der Waals surface area contributed by atoms with Gasteiger partial charge < -0.3 is 10.4 Å². The number of nitrogens with one attached hydrogen (secondary N) is 1. The van der Waals surface area contributed by atoms with Crippen molar-refractivity contribution in [3.8, 4) is 0 Å². The van der Waals surface area contributed by atoms with Crippen molar-refractivity contribution in [1.82, 2.24) is 5.32 Å². The van der Waals surface area contributed by atoms with E-state index in [9.17, 15) is 4.79 Å². The molecule has 3 nitrogen and oxygen atoms in total. The van der Waals surface area contributed by atoms with Crippen LogP contribution in [0.3, 0.4) is 0 Å². The minimum absolute atomic E-state index is 0.104. The molecular weight excluding hydrogens is 273 g/mol. The molecule has 0 atom stereocenters. The lowest BCUT2D eigenvalue weighted by molar-refractivity contribution is 0.0941. The lowest BCUT2D eigenvalue weighted by atomic mass is 10.0. The van der Waals surface area contributed by atoms with Gasteiger partial charge in [0.25, 0.3) is 5.91 Å². The third-order valence-electron chi connectivity index (χ3n) is 3.35. The van der Waals surface area contributed by atoms with E-state index in [0.717, 1.165) is 19.3 Å². The van der Waals surface area contributed by atoms with Crippen LogP contribution in [0.2, 0.25) is 10.0 Å². The lowest BCUT2D eigenvalue weighted by Gasteiger charge is -2.14. The van der Waals surface area contributed by atoms with E-state index in [4.69, 9.17) is 28.3 Å². The van der Waals surface area contributed by atoms with Crippen molar-refractivity contribution in [2.75, 3.05) is 13.2 Å². The van der Waals surface area contributed by atoms with E-state index in [1.165, 1.54) is 0 Å². The van der Waals surface area contributed by atoms with E-state index >= 15 is 0 Å². The fourth-order valence-electron chi connectivity index (χ4n) is 1.98. The van der Waals surface area contributed by atoms with Crippen LogP contribution in [-0.4, -0.2) is 24.2 Å². The molecule has 5 heteroatoms. The highest BCUT2D eigenvalue weighted by Crippen LogP contribution is 2.47. The molecule has 0 aliphatic heterocycles. The van der Waals surface area contributed by atoms with Crippen LogP contribution in [0, 0.1) is 5.41 Å². The van der Waals surface area contributed by atoms with E-state index in [0.29, 0.717) is 22.2 Å². The molecule has 0 bridgehead atoms. The summed E-state index contributed by atoms with van der Waals surface area (Å²) >= 11 is 11.7. The van der Waals surface area contributed by atoms with Crippen molar-refractivity contribution < 1.29 is 9.90 Å². The topological polar surface area (TPSA) is 49.3 Å². The third-order valence-corrected chi connectivity index (χ3v) is 3.78. The normalized spacial score (nSPS) is 16.4. The van der Waals surface area contributed by atoms with Crippen molar-refractivity contribution in [3.63, 3.8) is 0 Å². The van der Waals surface area contributed by atoms with E-state index < -0.39 is 0 Å². The first-order valence-corrected chi connectivity index (χ1v) is 6.65. The molecule has 1 aromatic rings. The van der Waals surface area contributed by atoms with Crippen LogP contribution in [0.5, 0.6) is 0 Å². The Kier molecular flexibility index (Phi) is 4.15. The van der Waals surface area contributed by atoms with Crippen molar-refractivity contribution in [2.45, 2.75) is 19.3 Å². The second-order valence-electron chi connectivity index (χ2n) is 4.81. The summed E-state index contributed by atoms with van der Waals surface area (Å²) in [6.45, 7) is 0.759. The van der Waals surface area contributed by atoms with Gasteiger partial charge in [0.1, 0.15) is 0 Å². The average molecular weight is 288 g/mol. The van der Waals surface area contributed by atoms with Crippen LogP contribution in [0.25, 0.3) is 0 Å². The predicted molar refractivity (Wildman–Crippen MR) is 72.2 cm³/mol. The largest absolute Gasteiger partial charge is 0.396 e. The van der Waals surface area contributed by atoms with Crippen LogP contribution in [0.4, 0.5) is 0 Å². The van der Waals surface area contributed by atoms with Crippen LogP contribution in [-0.2, 0) is 0 Å². The molecule has 1 saturated carbocycles. The van der Waals surface area contributed by atoms with Gasteiger partial charge in [0.05, 0.1) is 0 Å². The summed E-state index contributed by atoms with van der Waals surface area (Å²) in [5.74, 6) is -0.177. The van der Waals surface area contributed by atoms with E-state index in [-0.39, 0.29) is 17.9 Å². The number of carbonyl (C=O) groups is 1. The van der Waals surface area contributed by atoms with Crippen molar-refractivity contribution in [2.24, 2.45) is 5.41 Å². The molecular formula is C13H15Cl2NO2. The standard InChI is InChI=1S/C13H15Cl2NO2/c14-10-5-9(6-11(15)7-10)12(18)16-8-13(1-2-13)3-4-17/h5-7,17H,1-4,8H2,(H,16,18). The van der Waals surface area contributed by atoms with Gasteiger partial charge in [-0.1, -0.05) is 23.2 Å². The van der Waals surface area contributed by atoms with Gasteiger partial charge in [-0.25, -0.2) is 0 Å². The molecule has 0 radical (unpaired) electrons. The fraction of sp³-hybridized carbons (Fsp3) is 0.462. The smallest absolute Gasteiger partial charge is 0.251 e. The van der Waals surface area contributed by atoms with Gasteiger partial charge in [0.15, 0.2) is 0 Å². The maximum atomic E-state index is 11.9. The van der Waals surface area contributed by atoms with Gasteiger partial charge >= 0.3 is 0 Å². The maximum Gasteiger partial charge on any atom is 0.251 e. The number of carbonyl (C=O) groups excluding carboxylic acids is 1. The second-order valence-corrected chi connectivity index (χ2v) is 5.69. The number of hydrogen-bond acceptors (Lipinski definition) is 2. The summed E-state index contributed by atoms with van der Waals surface area (Å²) in [7, 11) is 0. The van der Waals surface area contributed by atoms with Crippen molar-refractivity contribution in [1.29, 1.82) is 0 Å². The molecule has 0 heterocycles. The van der Waals surface area contributed by atoms with Crippen LogP contribution >= 0.6 is 23.2 Å². The van der Waals surface area contributed by atoms with Crippen molar-refractivity contribution >= 4 is 29.1 Å². The minimum atomic E-state index is -0.177. The summed E-state index contributed by atoms with van der Waals surface area (Å²) in [6.07, 6.45) is 2.86. The van der Waals surface area contributed by atoms with E-state index in [2.05, 4.69) is 5.32 Å². The molecule has 18 heavy (non-hydrogen) atoms. The number of amides is 1. The molecule has 1 fully saturated rings. The molecule has 0 spiro atoms. The molecule has 2 N–H and O–H groups in total. The fourth-order valence-corrected chi connectivity index (χ4v) is 2.51. The molecule has 0 saturated heterocycles. The second kappa shape index (κ2) is 5.47. The zero-order chi connectivity index (χ0) is 13.2. The highest BCUT2D eigenvalue weighted by molar-refractivity contribution is 6.35. The predicted octanol–water partition coefficient (Wildman–Crippen LogP) is 2.89. The first-order valence-electron chi connectivity index (χ1n) is 5.90. The SMILES string of the molecule is O=C(NCC1(CCO)CC1)c1cc(Cl)cc(Cl)c1. The third kappa shape index (κ3) is 3.37. The first-order chi connectivity index (χ1) is 8.54. The molecule has 0 aromatic heterocycles. The van der Waals surface area contributed by atoms with Gasteiger partial charge in [0.2, 0.25) is 0 Å².